The Bertz CT molecular complexity index is 9.61. The van der Waals surface area contributed by atoms with Crippen LogP contribution in [0.4, 0.5) is 0 Å². The molecule has 1 radical (unpaired) electrons. The summed E-state index contributed by atoms with van der Waals surface area (Å²) < 4.78 is 0. The van der Waals surface area contributed by atoms with E-state index >= 15 is 0 Å². The molecule has 0 aromatic carbocycles. The molecule has 0 aliphatic heterocycles. The molecule has 0 aliphatic rings. The fraction of sp³-hybridized carbons (Fsp3) is 0. The minimum atomic E-state index is 0. The zero-order valence-corrected chi connectivity index (χ0v) is 10.6. The first-order valence-electron chi connectivity index (χ1n) is 0. The molecule has 0 aliphatic carbocycles. The van der Waals surface area contributed by atoms with Crippen LogP contribution in [0, 0.1) is 35.6 Å². The van der Waals surface area contributed by atoms with Crippen molar-refractivity contribution in [2.75, 3.05) is 0 Å². The quantitative estimate of drug-likeness (QED) is 0.535. The third-order valence-corrected chi connectivity index (χ3v) is 0. The fourth-order valence-electron chi connectivity index (χ4n) is 0. The van der Waals surface area contributed by atoms with Gasteiger partial charge in [-0.15, -0.1) is 0 Å². The molecular weight excluding hydrogens is 317 g/mol. The van der Waals surface area contributed by atoms with Gasteiger partial charge in [0, 0.05) is 0 Å². The Balaban J connectivity index is 0. The molecule has 0 heterocycles. The standard InChI is InChI=1S/Co.La.2O.Sr/q+2;+3;2*-2;+2. The predicted octanol–water partition coefficient (Wildman–Crippen LogP) is -0.621. The van der Waals surface area contributed by atoms with Crippen LogP contribution in [-0.4, -0.2) is 45.5 Å². The van der Waals surface area contributed by atoms with Crippen molar-refractivity contribution in [3.8, 4) is 0 Å². The van der Waals surface area contributed by atoms with Crippen LogP contribution in [0.15, 0.2) is 0 Å². The van der Waals surface area contributed by atoms with Gasteiger partial charge in [-0.25, -0.2) is 0 Å². The molecule has 5 heavy (non-hydrogen) atoms. The van der Waals surface area contributed by atoms with Crippen LogP contribution in [0.1, 0.15) is 0 Å². The van der Waals surface area contributed by atoms with Crippen molar-refractivity contribution >= 4 is 45.5 Å². The van der Waals surface area contributed by atoms with Crippen LogP contribution in [0.2, 0.25) is 0 Å². The molecule has 0 atom stereocenters. The number of rotatable bonds is 0. The zero-order valence-electron chi connectivity index (χ0n) is 2.43. The summed E-state index contributed by atoms with van der Waals surface area (Å²) in [6.45, 7) is 0. The van der Waals surface area contributed by atoms with E-state index in [-0.39, 0.29) is 109 Å². The smallest absolute Gasteiger partial charge is 2.00 e. The SMILES string of the molecule is [Co+2].[La+3].[O-2].[O-2].[Sr+2]. The van der Waals surface area contributed by atoms with Gasteiger partial charge in [0.15, 0.2) is 0 Å². The Labute approximate surface area is 106 Å². The Morgan fingerprint density at radius 3 is 0.800 bits per heavy atom. The van der Waals surface area contributed by atoms with E-state index in [0.29, 0.717) is 0 Å². The molecule has 0 bridgehead atoms. The Morgan fingerprint density at radius 1 is 0.800 bits per heavy atom. The van der Waals surface area contributed by atoms with E-state index in [1.54, 1.807) is 0 Å². The predicted molar refractivity (Wildman–Crippen MR) is 7.13 cm³/mol. The van der Waals surface area contributed by atoms with E-state index in [1.165, 1.54) is 0 Å². The topological polar surface area (TPSA) is 57.0 Å². The van der Waals surface area contributed by atoms with E-state index in [9.17, 15) is 0 Å². The van der Waals surface area contributed by atoms with E-state index in [0.717, 1.165) is 0 Å². The first-order valence-corrected chi connectivity index (χ1v) is 0. The zero-order chi connectivity index (χ0) is 0. The van der Waals surface area contributed by atoms with Gasteiger partial charge >= 0.3 is 97.9 Å². The van der Waals surface area contributed by atoms with Gasteiger partial charge in [0.05, 0.1) is 0 Å². The van der Waals surface area contributed by atoms with Crippen molar-refractivity contribution in [3.05, 3.63) is 0 Å². The summed E-state index contributed by atoms with van der Waals surface area (Å²) in [6, 6.07) is 0. The van der Waals surface area contributed by atoms with Crippen molar-refractivity contribution in [2.24, 2.45) is 0 Å². The summed E-state index contributed by atoms with van der Waals surface area (Å²) in [5.41, 5.74) is 0. The van der Waals surface area contributed by atoms with Crippen LogP contribution in [0.25, 0.3) is 0 Å². The first kappa shape index (κ1) is 42.5. The van der Waals surface area contributed by atoms with E-state index < -0.39 is 0 Å². The monoisotopic (exact) mass is 318 g/mol. The molecule has 0 aromatic rings. The fourth-order valence-corrected chi connectivity index (χ4v) is 0. The minimum absolute atomic E-state index is 0. The molecule has 0 amide bonds. The van der Waals surface area contributed by atoms with Crippen molar-refractivity contribution in [2.45, 2.75) is 0 Å². The van der Waals surface area contributed by atoms with Crippen LogP contribution >= 0.6 is 0 Å². The second kappa shape index (κ2) is 27.5. The molecule has 0 unspecified atom stereocenters. The summed E-state index contributed by atoms with van der Waals surface area (Å²) in [7, 11) is 0. The van der Waals surface area contributed by atoms with Crippen molar-refractivity contribution < 1.29 is 63.3 Å². The van der Waals surface area contributed by atoms with Gasteiger partial charge in [-0.05, 0) is 0 Å². The number of hydrogen-bond acceptors (Lipinski definition) is 0. The average Bonchev–Trinajstić information content (AvgIpc) is 0. The third kappa shape index (κ3) is 19.2. The summed E-state index contributed by atoms with van der Waals surface area (Å²) in [4.78, 5) is 0. The normalized spacial score (nSPS) is 0. The van der Waals surface area contributed by atoms with Gasteiger partial charge in [0.1, 0.15) is 0 Å². The van der Waals surface area contributed by atoms with Crippen molar-refractivity contribution in [1.29, 1.82) is 0 Å². The van der Waals surface area contributed by atoms with Gasteiger partial charge < -0.3 is 11.0 Å². The summed E-state index contributed by atoms with van der Waals surface area (Å²) >= 11 is 0. The van der Waals surface area contributed by atoms with Gasteiger partial charge in [-0.3, -0.25) is 0 Å². The molecular formula is CoLaO2Sr+3. The minimum Gasteiger partial charge on any atom is -2.00 e. The maximum absolute atomic E-state index is 0. The second-order valence-corrected chi connectivity index (χ2v) is 0. The molecule has 0 spiro atoms. The largest absolute Gasteiger partial charge is 3.00 e. The Hall–Kier alpha value is 3.10. The Morgan fingerprint density at radius 2 is 0.800 bits per heavy atom. The molecule has 0 rings (SSSR count). The molecule has 0 aromatic heterocycles. The maximum atomic E-state index is 0. The number of hydrogen-bond donors (Lipinski definition) is 0. The molecule has 5 heteroatoms. The van der Waals surface area contributed by atoms with Gasteiger partial charge in [-0.2, -0.15) is 0 Å². The van der Waals surface area contributed by atoms with Gasteiger partial charge in [0.25, 0.3) is 0 Å². The van der Waals surface area contributed by atoms with Crippen LogP contribution in [0.5, 0.6) is 0 Å². The van der Waals surface area contributed by atoms with Crippen LogP contribution in [0.3, 0.4) is 0 Å². The maximum Gasteiger partial charge on any atom is 3.00 e. The van der Waals surface area contributed by atoms with Crippen LogP contribution in [-0.2, 0) is 27.7 Å². The van der Waals surface area contributed by atoms with Gasteiger partial charge in [0.2, 0.25) is 0 Å². The first-order chi connectivity index (χ1) is 0. The van der Waals surface area contributed by atoms with E-state index in [1.807, 2.05) is 0 Å². The van der Waals surface area contributed by atoms with E-state index in [2.05, 4.69) is 0 Å². The summed E-state index contributed by atoms with van der Waals surface area (Å²) in [5.74, 6) is 0. The molecule has 0 N–H and O–H groups in total. The second-order valence-electron chi connectivity index (χ2n) is 0. The van der Waals surface area contributed by atoms with Crippen LogP contribution < -0.4 is 0 Å². The summed E-state index contributed by atoms with van der Waals surface area (Å²) in [5, 5.41) is 0. The average molecular weight is 317 g/mol. The summed E-state index contributed by atoms with van der Waals surface area (Å²) in [6.07, 6.45) is 0. The van der Waals surface area contributed by atoms with E-state index in [4.69, 9.17) is 0 Å². The van der Waals surface area contributed by atoms with Gasteiger partial charge in [-0.1, -0.05) is 0 Å². The van der Waals surface area contributed by atoms with Crippen molar-refractivity contribution in [3.63, 3.8) is 0 Å². The molecule has 0 saturated heterocycles. The molecule has 0 saturated carbocycles. The van der Waals surface area contributed by atoms with Crippen molar-refractivity contribution in [1.82, 2.24) is 0 Å². The molecule has 2 nitrogen and oxygen atoms in total. The Kier molecular flexibility index (Phi) is 233. The molecule has 0 fully saturated rings. The third-order valence-electron chi connectivity index (χ3n) is 0. The molecule has 23 valence electrons.